The van der Waals surface area contributed by atoms with E-state index in [1.807, 2.05) is 0 Å². The van der Waals surface area contributed by atoms with Crippen molar-refractivity contribution in [3.63, 3.8) is 0 Å². The third kappa shape index (κ3) is 3.65. The largest absolute Gasteiger partial charge is 0.488 e. The van der Waals surface area contributed by atoms with E-state index < -0.39 is 11.7 Å². The van der Waals surface area contributed by atoms with E-state index in [2.05, 4.69) is 4.90 Å². The molecule has 0 bridgehead atoms. The zero-order chi connectivity index (χ0) is 13.7. The van der Waals surface area contributed by atoms with Crippen molar-refractivity contribution >= 4 is 5.91 Å². The van der Waals surface area contributed by atoms with Gasteiger partial charge in [0, 0.05) is 19.6 Å². The van der Waals surface area contributed by atoms with Crippen LogP contribution in [-0.2, 0) is 4.74 Å². The van der Waals surface area contributed by atoms with Crippen molar-refractivity contribution in [3.05, 3.63) is 29.6 Å². The van der Waals surface area contributed by atoms with Crippen molar-refractivity contribution in [1.82, 2.24) is 4.90 Å². The molecule has 1 aromatic rings. The lowest BCUT2D eigenvalue weighted by Crippen LogP contribution is -2.38. The van der Waals surface area contributed by atoms with Gasteiger partial charge in [0.05, 0.1) is 18.8 Å². The van der Waals surface area contributed by atoms with Crippen molar-refractivity contribution < 1.29 is 18.7 Å². The van der Waals surface area contributed by atoms with Gasteiger partial charge in [-0.15, -0.1) is 0 Å². The van der Waals surface area contributed by atoms with Crippen molar-refractivity contribution in [2.45, 2.75) is 0 Å². The van der Waals surface area contributed by atoms with Crippen LogP contribution < -0.4 is 10.5 Å². The average molecular weight is 268 g/mol. The van der Waals surface area contributed by atoms with E-state index in [0.29, 0.717) is 26.4 Å². The fourth-order valence-electron chi connectivity index (χ4n) is 1.95. The highest BCUT2D eigenvalue weighted by Crippen LogP contribution is 2.22. The summed E-state index contributed by atoms with van der Waals surface area (Å²) in [5, 5.41) is 0. The molecule has 1 aromatic carbocycles. The molecular formula is C13H17FN2O3. The van der Waals surface area contributed by atoms with Gasteiger partial charge in [0.2, 0.25) is 0 Å². The Kier molecular flexibility index (Phi) is 4.70. The zero-order valence-electron chi connectivity index (χ0n) is 10.6. The van der Waals surface area contributed by atoms with Gasteiger partial charge in [-0.1, -0.05) is 6.07 Å². The monoisotopic (exact) mass is 268 g/mol. The third-order valence-electron chi connectivity index (χ3n) is 2.99. The minimum Gasteiger partial charge on any atom is -0.488 e. The van der Waals surface area contributed by atoms with E-state index in [4.69, 9.17) is 15.2 Å². The first-order chi connectivity index (χ1) is 9.18. The fraction of sp³-hybridized carbons (Fsp3) is 0.462. The second-order valence-corrected chi connectivity index (χ2v) is 4.28. The van der Waals surface area contributed by atoms with Gasteiger partial charge in [0.25, 0.3) is 5.91 Å². The van der Waals surface area contributed by atoms with E-state index in [1.54, 1.807) is 0 Å². The maximum atomic E-state index is 13.6. The van der Waals surface area contributed by atoms with Crippen LogP contribution in [0.4, 0.5) is 4.39 Å². The van der Waals surface area contributed by atoms with Crippen molar-refractivity contribution in [3.8, 4) is 5.75 Å². The smallest absolute Gasteiger partial charge is 0.252 e. The molecule has 0 aliphatic carbocycles. The number of hydrogen-bond acceptors (Lipinski definition) is 4. The molecule has 0 saturated carbocycles. The molecule has 2 N–H and O–H groups in total. The minimum absolute atomic E-state index is 0.0664. The van der Waals surface area contributed by atoms with Gasteiger partial charge >= 0.3 is 0 Å². The number of nitrogens with zero attached hydrogens (tertiary/aromatic N) is 1. The van der Waals surface area contributed by atoms with Crippen LogP contribution in [0.15, 0.2) is 18.2 Å². The summed E-state index contributed by atoms with van der Waals surface area (Å²) in [6.07, 6.45) is 0. The highest BCUT2D eigenvalue weighted by atomic mass is 19.1. The molecule has 1 aliphatic rings. The highest BCUT2D eigenvalue weighted by Gasteiger charge is 2.15. The van der Waals surface area contributed by atoms with Crippen molar-refractivity contribution in [2.75, 3.05) is 39.5 Å². The van der Waals surface area contributed by atoms with Crippen molar-refractivity contribution in [2.24, 2.45) is 5.73 Å². The topological polar surface area (TPSA) is 64.8 Å². The SMILES string of the molecule is NC(=O)c1cccc(F)c1OCCN1CCOCC1. The number of primary amides is 1. The maximum absolute atomic E-state index is 13.6. The van der Waals surface area contributed by atoms with E-state index in [-0.39, 0.29) is 11.3 Å². The summed E-state index contributed by atoms with van der Waals surface area (Å²) in [5.74, 6) is -1.33. The standard InChI is InChI=1S/C13H17FN2O3/c14-11-3-1-2-10(13(15)17)12(11)19-9-6-16-4-7-18-8-5-16/h1-3H,4-9H2,(H2,15,17). The van der Waals surface area contributed by atoms with E-state index in [9.17, 15) is 9.18 Å². The number of morpholine rings is 1. The van der Waals surface area contributed by atoms with Gasteiger partial charge in [-0.3, -0.25) is 9.69 Å². The predicted octanol–water partition coefficient (Wildman–Crippen LogP) is 0.636. The maximum Gasteiger partial charge on any atom is 0.252 e. The van der Waals surface area contributed by atoms with Gasteiger partial charge in [0.1, 0.15) is 6.61 Å². The Hall–Kier alpha value is -1.66. The number of carbonyl (C=O) groups is 1. The Morgan fingerprint density at radius 3 is 2.84 bits per heavy atom. The molecule has 5 nitrogen and oxygen atoms in total. The van der Waals surface area contributed by atoms with Crippen LogP contribution in [0.25, 0.3) is 0 Å². The molecule has 104 valence electrons. The van der Waals surface area contributed by atoms with Crippen LogP contribution in [0.5, 0.6) is 5.75 Å². The number of benzene rings is 1. The summed E-state index contributed by atoms with van der Waals surface area (Å²) < 4.78 is 24.2. The lowest BCUT2D eigenvalue weighted by Gasteiger charge is -2.26. The molecule has 1 saturated heterocycles. The van der Waals surface area contributed by atoms with Crippen LogP contribution >= 0.6 is 0 Å². The molecule has 1 heterocycles. The minimum atomic E-state index is -0.694. The Bertz CT molecular complexity index is 448. The molecule has 0 unspecified atom stereocenters. The first-order valence-corrected chi connectivity index (χ1v) is 6.19. The number of ether oxygens (including phenoxy) is 2. The Balaban J connectivity index is 1.93. The summed E-state index contributed by atoms with van der Waals surface area (Å²) in [5.41, 5.74) is 5.26. The summed E-state index contributed by atoms with van der Waals surface area (Å²) in [4.78, 5) is 13.3. The zero-order valence-corrected chi connectivity index (χ0v) is 10.6. The highest BCUT2D eigenvalue weighted by molar-refractivity contribution is 5.95. The van der Waals surface area contributed by atoms with E-state index in [1.165, 1.54) is 18.2 Å². The summed E-state index contributed by atoms with van der Waals surface area (Å²) in [6.45, 7) is 4.04. The molecule has 19 heavy (non-hydrogen) atoms. The quantitative estimate of drug-likeness (QED) is 0.851. The van der Waals surface area contributed by atoms with Gasteiger partial charge in [-0.05, 0) is 12.1 Å². The molecule has 0 aromatic heterocycles. The van der Waals surface area contributed by atoms with Gasteiger partial charge < -0.3 is 15.2 Å². The fourth-order valence-corrected chi connectivity index (χ4v) is 1.95. The first kappa shape index (κ1) is 13.8. The number of para-hydroxylation sites is 1. The molecule has 2 rings (SSSR count). The molecule has 0 atom stereocenters. The Morgan fingerprint density at radius 2 is 2.16 bits per heavy atom. The van der Waals surface area contributed by atoms with Crippen LogP contribution in [-0.4, -0.2) is 50.3 Å². The van der Waals surface area contributed by atoms with Gasteiger partial charge in [0.15, 0.2) is 11.6 Å². The number of carbonyl (C=O) groups excluding carboxylic acids is 1. The summed E-state index contributed by atoms with van der Waals surface area (Å²) in [7, 11) is 0. The Morgan fingerprint density at radius 1 is 1.42 bits per heavy atom. The molecule has 1 aliphatic heterocycles. The lowest BCUT2D eigenvalue weighted by molar-refractivity contribution is 0.0320. The van der Waals surface area contributed by atoms with Crippen LogP contribution in [0, 0.1) is 5.82 Å². The first-order valence-electron chi connectivity index (χ1n) is 6.19. The van der Waals surface area contributed by atoms with E-state index in [0.717, 1.165) is 13.1 Å². The second kappa shape index (κ2) is 6.49. The molecular weight excluding hydrogens is 251 g/mol. The van der Waals surface area contributed by atoms with Crippen LogP contribution in [0.3, 0.4) is 0 Å². The number of nitrogens with two attached hydrogens (primary N) is 1. The summed E-state index contributed by atoms with van der Waals surface area (Å²) in [6, 6.07) is 4.14. The number of rotatable bonds is 5. The van der Waals surface area contributed by atoms with E-state index >= 15 is 0 Å². The lowest BCUT2D eigenvalue weighted by atomic mass is 10.2. The number of hydrogen-bond donors (Lipinski definition) is 1. The van der Waals surface area contributed by atoms with Gasteiger partial charge in [-0.25, -0.2) is 4.39 Å². The molecule has 0 radical (unpaired) electrons. The van der Waals surface area contributed by atoms with Crippen molar-refractivity contribution in [1.29, 1.82) is 0 Å². The third-order valence-corrected chi connectivity index (χ3v) is 2.99. The Labute approximate surface area is 111 Å². The predicted molar refractivity (Wildman–Crippen MR) is 67.7 cm³/mol. The molecule has 1 amide bonds. The van der Waals surface area contributed by atoms with Crippen LogP contribution in [0.1, 0.15) is 10.4 Å². The molecule has 1 fully saturated rings. The van der Waals surface area contributed by atoms with Crippen LogP contribution in [0.2, 0.25) is 0 Å². The average Bonchev–Trinajstić information content (AvgIpc) is 2.41. The van der Waals surface area contributed by atoms with Gasteiger partial charge in [-0.2, -0.15) is 0 Å². The molecule has 6 heteroatoms. The normalized spacial score (nSPS) is 16.3. The second-order valence-electron chi connectivity index (χ2n) is 4.28. The molecule has 0 spiro atoms. The summed E-state index contributed by atoms with van der Waals surface area (Å²) >= 11 is 0. The number of amides is 1. The number of halogens is 1.